The first-order valence-electron chi connectivity index (χ1n) is 11.0. The molecule has 0 aliphatic carbocycles. The molecule has 0 radical (unpaired) electrons. The van der Waals surface area contributed by atoms with E-state index in [1.54, 1.807) is 54.6 Å². The third-order valence-corrected chi connectivity index (χ3v) is 6.01. The number of nitrogens with zero attached hydrogens (tertiary/aromatic N) is 6. The molecule has 5 rings (SSSR count). The minimum atomic E-state index is -0.160. The van der Waals surface area contributed by atoms with Gasteiger partial charge in [0, 0.05) is 42.5 Å². The van der Waals surface area contributed by atoms with Gasteiger partial charge in [0.15, 0.2) is 17.0 Å². The number of aromatic nitrogens is 4. The lowest BCUT2D eigenvalue weighted by Crippen LogP contribution is -2.50. The van der Waals surface area contributed by atoms with Crippen molar-refractivity contribution in [3.05, 3.63) is 59.8 Å². The molecule has 0 spiro atoms. The zero-order valence-corrected chi connectivity index (χ0v) is 19.7. The second-order valence-electron chi connectivity index (χ2n) is 7.97. The molecule has 0 atom stereocenters. The number of amides is 2. The summed E-state index contributed by atoms with van der Waals surface area (Å²) in [6.07, 6.45) is 1.66. The van der Waals surface area contributed by atoms with Gasteiger partial charge in [0.05, 0.1) is 19.0 Å². The molecule has 0 unspecified atom stereocenters. The summed E-state index contributed by atoms with van der Waals surface area (Å²) >= 11 is 6.02. The van der Waals surface area contributed by atoms with Gasteiger partial charge in [-0.05, 0) is 36.4 Å². The zero-order chi connectivity index (χ0) is 24.4. The number of hydrogen-bond acceptors (Lipinski definition) is 8. The predicted octanol–water partition coefficient (Wildman–Crippen LogP) is 3.69. The molecule has 2 aromatic carbocycles. The highest BCUT2D eigenvalue weighted by Gasteiger charge is 2.25. The van der Waals surface area contributed by atoms with Crippen LogP contribution in [0.15, 0.2) is 54.7 Å². The minimum absolute atomic E-state index is 0.126. The highest BCUT2D eigenvalue weighted by molar-refractivity contribution is 6.30. The van der Waals surface area contributed by atoms with Crippen LogP contribution in [-0.2, 0) is 0 Å². The van der Waals surface area contributed by atoms with E-state index in [0.717, 1.165) is 11.3 Å². The predicted molar refractivity (Wildman–Crippen MR) is 136 cm³/mol. The summed E-state index contributed by atoms with van der Waals surface area (Å²) in [6.45, 7) is 2.15. The lowest BCUT2D eigenvalue weighted by molar-refractivity contribution is 0.208. The van der Waals surface area contributed by atoms with E-state index in [2.05, 4.69) is 25.2 Å². The average molecular weight is 491 g/mol. The summed E-state index contributed by atoms with van der Waals surface area (Å²) in [6, 6.07) is 14.4. The van der Waals surface area contributed by atoms with E-state index < -0.39 is 0 Å². The molecule has 2 aromatic heterocycles. The third-order valence-electron chi connectivity index (χ3n) is 5.75. The number of carbonyl (C=O) groups is 1. The fourth-order valence-electron chi connectivity index (χ4n) is 3.89. The van der Waals surface area contributed by atoms with Crippen molar-refractivity contribution in [3.63, 3.8) is 0 Å². The van der Waals surface area contributed by atoms with Crippen LogP contribution in [0.5, 0.6) is 5.75 Å². The van der Waals surface area contributed by atoms with E-state index in [4.69, 9.17) is 27.1 Å². The number of rotatable bonds is 4. The molecule has 4 aromatic rings. The van der Waals surface area contributed by atoms with Crippen molar-refractivity contribution in [3.8, 4) is 17.0 Å². The molecule has 1 fully saturated rings. The number of urea groups is 1. The molecular formula is C24H23ClN8O2. The summed E-state index contributed by atoms with van der Waals surface area (Å²) in [5, 5.41) is 3.57. The van der Waals surface area contributed by atoms with Crippen LogP contribution < -0.4 is 20.7 Å². The molecule has 2 amide bonds. The van der Waals surface area contributed by atoms with E-state index in [1.165, 1.54) is 0 Å². The number of anilines is 3. The van der Waals surface area contributed by atoms with Crippen molar-refractivity contribution in [1.82, 2.24) is 24.8 Å². The Balaban J connectivity index is 1.33. The van der Waals surface area contributed by atoms with Crippen LogP contribution in [0.2, 0.25) is 5.02 Å². The Morgan fingerprint density at radius 2 is 1.71 bits per heavy atom. The minimum Gasteiger partial charge on any atom is -0.497 e. The number of hydrogen-bond donors (Lipinski definition) is 2. The number of nitrogens with one attached hydrogen (secondary N) is 1. The monoisotopic (exact) mass is 490 g/mol. The number of fused-ring (bicyclic) bond motifs is 1. The molecule has 3 N–H and O–H groups in total. The first kappa shape index (κ1) is 22.6. The van der Waals surface area contributed by atoms with E-state index in [0.29, 0.717) is 59.6 Å². The maximum atomic E-state index is 12.7. The number of nitrogen functional groups attached to an aromatic ring is 1. The quantitative estimate of drug-likeness (QED) is 0.444. The standard InChI is InChI=1S/C24H23ClN8O2/c1-35-18-8-6-17(7-9-18)28-24(34)33-12-10-32(11-13-33)22-20-21(30-23(26)31-22)27-14-19(29-20)15-2-4-16(25)5-3-15/h2-9,14H,10-13H2,1H3,(H,28,34)(H2,26,27,30,31). The Kier molecular flexibility index (Phi) is 6.19. The number of nitrogens with two attached hydrogens (primary N) is 1. The maximum Gasteiger partial charge on any atom is 0.321 e. The molecular weight excluding hydrogens is 468 g/mol. The van der Waals surface area contributed by atoms with Gasteiger partial charge in [-0.2, -0.15) is 9.97 Å². The van der Waals surface area contributed by atoms with Crippen LogP contribution in [0.1, 0.15) is 0 Å². The van der Waals surface area contributed by atoms with Crippen molar-refractivity contribution >= 4 is 46.2 Å². The van der Waals surface area contributed by atoms with Gasteiger partial charge in [0.1, 0.15) is 5.75 Å². The Labute approximate surface area is 206 Å². The van der Waals surface area contributed by atoms with E-state index in [1.807, 2.05) is 12.1 Å². The number of methoxy groups -OCH3 is 1. The molecule has 178 valence electrons. The Morgan fingerprint density at radius 1 is 1.00 bits per heavy atom. The van der Waals surface area contributed by atoms with Crippen molar-refractivity contribution in [1.29, 1.82) is 0 Å². The topological polar surface area (TPSA) is 122 Å². The lowest BCUT2D eigenvalue weighted by atomic mass is 10.1. The highest BCUT2D eigenvalue weighted by atomic mass is 35.5. The van der Waals surface area contributed by atoms with E-state index >= 15 is 0 Å². The van der Waals surface area contributed by atoms with Crippen LogP contribution in [0.4, 0.5) is 22.2 Å². The normalized spacial score (nSPS) is 13.7. The number of piperazine rings is 1. The van der Waals surface area contributed by atoms with Crippen molar-refractivity contribution in [2.45, 2.75) is 0 Å². The van der Waals surface area contributed by atoms with Crippen molar-refractivity contribution in [2.75, 3.05) is 49.2 Å². The van der Waals surface area contributed by atoms with Gasteiger partial charge in [-0.3, -0.25) is 0 Å². The number of benzene rings is 2. The Hall–Kier alpha value is -4.18. The fraction of sp³-hybridized carbons (Fsp3) is 0.208. The van der Waals surface area contributed by atoms with Crippen LogP contribution >= 0.6 is 11.6 Å². The van der Waals surface area contributed by atoms with Crippen LogP contribution in [0, 0.1) is 0 Å². The molecule has 10 nitrogen and oxygen atoms in total. The summed E-state index contributed by atoms with van der Waals surface area (Å²) in [5.74, 6) is 1.46. The fourth-order valence-corrected chi connectivity index (χ4v) is 4.01. The first-order valence-corrected chi connectivity index (χ1v) is 11.4. The average Bonchev–Trinajstić information content (AvgIpc) is 2.89. The smallest absolute Gasteiger partial charge is 0.321 e. The van der Waals surface area contributed by atoms with Crippen LogP contribution in [0.25, 0.3) is 22.4 Å². The molecule has 0 bridgehead atoms. The summed E-state index contributed by atoms with van der Waals surface area (Å²) in [5.41, 5.74) is 9.21. The highest BCUT2D eigenvalue weighted by Crippen LogP contribution is 2.27. The Morgan fingerprint density at radius 3 is 2.40 bits per heavy atom. The molecule has 3 heterocycles. The number of halogens is 1. The molecule has 11 heteroatoms. The van der Waals surface area contributed by atoms with Gasteiger partial charge in [0.25, 0.3) is 0 Å². The molecule has 0 saturated carbocycles. The molecule has 35 heavy (non-hydrogen) atoms. The summed E-state index contributed by atoms with van der Waals surface area (Å²) in [4.78, 5) is 34.5. The maximum absolute atomic E-state index is 12.7. The van der Waals surface area contributed by atoms with Gasteiger partial charge >= 0.3 is 6.03 Å². The van der Waals surface area contributed by atoms with Gasteiger partial charge in [0.2, 0.25) is 5.95 Å². The van der Waals surface area contributed by atoms with Crippen molar-refractivity contribution in [2.24, 2.45) is 0 Å². The van der Waals surface area contributed by atoms with Crippen LogP contribution in [-0.4, -0.2) is 64.2 Å². The zero-order valence-electron chi connectivity index (χ0n) is 19.0. The second-order valence-corrected chi connectivity index (χ2v) is 8.41. The SMILES string of the molecule is COc1ccc(NC(=O)N2CCN(c3nc(N)nc4ncc(-c5ccc(Cl)cc5)nc34)CC2)cc1. The molecule has 1 saturated heterocycles. The van der Waals surface area contributed by atoms with Crippen molar-refractivity contribution < 1.29 is 9.53 Å². The van der Waals surface area contributed by atoms with Gasteiger partial charge in [-0.1, -0.05) is 23.7 Å². The summed E-state index contributed by atoms with van der Waals surface area (Å²) in [7, 11) is 1.60. The third kappa shape index (κ3) is 4.87. The van der Waals surface area contributed by atoms with E-state index in [9.17, 15) is 4.79 Å². The largest absolute Gasteiger partial charge is 0.497 e. The summed E-state index contributed by atoms with van der Waals surface area (Å²) < 4.78 is 5.16. The van der Waals surface area contributed by atoms with Gasteiger partial charge in [-0.25, -0.2) is 14.8 Å². The van der Waals surface area contributed by atoms with Crippen LogP contribution in [0.3, 0.4) is 0 Å². The lowest BCUT2D eigenvalue weighted by Gasteiger charge is -2.35. The van der Waals surface area contributed by atoms with Gasteiger partial charge < -0.3 is 25.6 Å². The Bertz CT molecular complexity index is 1360. The number of ether oxygens (including phenoxy) is 1. The van der Waals surface area contributed by atoms with Gasteiger partial charge in [-0.15, -0.1) is 0 Å². The van der Waals surface area contributed by atoms with E-state index in [-0.39, 0.29) is 12.0 Å². The number of carbonyl (C=O) groups excluding carboxylic acids is 1. The second kappa shape index (κ2) is 9.59. The molecule has 1 aliphatic rings. The first-order chi connectivity index (χ1) is 17.0. The molecule has 1 aliphatic heterocycles.